The van der Waals surface area contributed by atoms with Crippen molar-refractivity contribution in [2.75, 3.05) is 0 Å². The van der Waals surface area contributed by atoms with Crippen LogP contribution in [0.4, 0.5) is 0 Å². The molecule has 0 bridgehead atoms. The van der Waals surface area contributed by atoms with Gasteiger partial charge in [0.15, 0.2) is 0 Å². The molecule has 2 aliphatic carbocycles. The van der Waals surface area contributed by atoms with Crippen LogP contribution in [0.1, 0.15) is 44.9 Å². The van der Waals surface area contributed by atoms with E-state index in [0.29, 0.717) is 24.4 Å². The van der Waals surface area contributed by atoms with Gasteiger partial charge in [-0.3, -0.25) is 4.79 Å². The lowest BCUT2D eigenvalue weighted by Gasteiger charge is -2.28. The number of aromatic nitrogens is 2. The topological polar surface area (TPSA) is 64.1 Å². The molecule has 2 fully saturated rings. The van der Waals surface area contributed by atoms with Crippen LogP contribution < -0.4 is 10.1 Å². The molecule has 1 amide bonds. The predicted octanol–water partition coefficient (Wildman–Crippen LogP) is 2.08. The standard InChI is InChI=1S/C15H21N3O2/c19-14(10-11-2-3-11)18-12-4-6-13(7-5-12)20-15-16-8-1-9-17-15/h1,8-9,11-13H,2-7,10H2,(H,18,19). The summed E-state index contributed by atoms with van der Waals surface area (Å²) in [5.74, 6) is 0.883. The molecule has 0 saturated heterocycles. The first-order valence-corrected chi connectivity index (χ1v) is 7.52. The van der Waals surface area contributed by atoms with Gasteiger partial charge in [-0.1, -0.05) is 0 Å². The van der Waals surface area contributed by atoms with E-state index in [9.17, 15) is 4.79 Å². The zero-order valence-electron chi connectivity index (χ0n) is 11.6. The Bertz CT molecular complexity index is 440. The third-order valence-electron chi connectivity index (χ3n) is 4.02. The van der Waals surface area contributed by atoms with Crippen molar-refractivity contribution in [3.8, 4) is 6.01 Å². The van der Waals surface area contributed by atoms with Crippen molar-refractivity contribution in [3.05, 3.63) is 18.5 Å². The molecule has 3 rings (SSSR count). The second-order valence-corrected chi connectivity index (χ2v) is 5.84. The molecular weight excluding hydrogens is 254 g/mol. The van der Waals surface area contributed by atoms with Crippen LogP contribution in [0.15, 0.2) is 18.5 Å². The summed E-state index contributed by atoms with van der Waals surface area (Å²) in [5.41, 5.74) is 0. The molecule has 1 aromatic rings. The van der Waals surface area contributed by atoms with Crippen LogP contribution in [0.25, 0.3) is 0 Å². The monoisotopic (exact) mass is 275 g/mol. The van der Waals surface area contributed by atoms with E-state index in [0.717, 1.165) is 25.7 Å². The molecule has 0 unspecified atom stereocenters. The van der Waals surface area contributed by atoms with Gasteiger partial charge in [-0.05, 0) is 50.5 Å². The zero-order chi connectivity index (χ0) is 13.8. The molecule has 5 nitrogen and oxygen atoms in total. The fourth-order valence-electron chi connectivity index (χ4n) is 2.69. The van der Waals surface area contributed by atoms with Gasteiger partial charge in [0, 0.05) is 24.9 Å². The molecule has 2 aliphatic rings. The van der Waals surface area contributed by atoms with Gasteiger partial charge in [-0.15, -0.1) is 0 Å². The van der Waals surface area contributed by atoms with E-state index in [2.05, 4.69) is 15.3 Å². The van der Waals surface area contributed by atoms with Gasteiger partial charge in [-0.2, -0.15) is 0 Å². The largest absolute Gasteiger partial charge is 0.460 e. The smallest absolute Gasteiger partial charge is 0.316 e. The third-order valence-corrected chi connectivity index (χ3v) is 4.02. The van der Waals surface area contributed by atoms with Crippen LogP contribution >= 0.6 is 0 Å². The number of nitrogens with one attached hydrogen (secondary N) is 1. The maximum Gasteiger partial charge on any atom is 0.316 e. The summed E-state index contributed by atoms with van der Waals surface area (Å²) in [6.45, 7) is 0. The van der Waals surface area contributed by atoms with Crippen LogP contribution in [0.5, 0.6) is 6.01 Å². The van der Waals surface area contributed by atoms with Gasteiger partial charge < -0.3 is 10.1 Å². The number of carbonyl (C=O) groups is 1. The minimum Gasteiger partial charge on any atom is -0.460 e. The maximum absolute atomic E-state index is 11.8. The van der Waals surface area contributed by atoms with Gasteiger partial charge in [0.1, 0.15) is 6.10 Å². The lowest BCUT2D eigenvalue weighted by atomic mass is 9.93. The lowest BCUT2D eigenvalue weighted by Crippen LogP contribution is -2.39. The predicted molar refractivity (Wildman–Crippen MR) is 74.2 cm³/mol. The van der Waals surface area contributed by atoms with Crippen LogP contribution in [0.3, 0.4) is 0 Å². The van der Waals surface area contributed by atoms with Crippen molar-refractivity contribution in [3.63, 3.8) is 0 Å². The van der Waals surface area contributed by atoms with E-state index in [1.807, 2.05) is 0 Å². The second-order valence-electron chi connectivity index (χ2n) is 5.84. The van der Waals surface area contributed by atoms with Crippen molar-refractivity contribution in [1.29, 1.82) is 0 Å². The Morgan fingerprint density at radius 3 is 2.50 bits per heavy atom. The molecule has 0 atom stereocenters. The Labute approximate surface area is 119 Å². The minimum atomic E-state index is 0.175. The summed E-state index contributed by atoms with van der Waals surface area (Å²) in [6, 6.07) is 2.55. The van der Waals surface area contributed by atoms with Gasteiger partial charge in [0.05, 0.1) is 0 Å². The molecule has 0 radical (unpaired) electrons. The number of ether oxygens (including phenoxy) is 1. The number of rotatable bonds is 5. The number of hydrogen-bond donors (Lipinski definition) is 1. The summed E-state index contributed by atoms with van der Waals surface area (Å²) < 4.78 is 5.75. The van der Waals surface area contributed by atoms with Crippen molar-refractivity contribution in [1.82, 2.24) is 15.3 Å². The van der Waals surface area contributed by atoms with Crippen LogP contribution in [0, 0.1) is 5.92 Å². The van der Waals surface area contributed by atoms with E-state index >= 15 is 0 Å². The number of carbonyl (C=O) groups excluding carboxylic acids is 1. The highest BCUT2D eigenvalue weighted by Crippen LogP contribution is 2.32. The molecule has 1 heterocycles. The number of amides is 1. The van der Waals surface area contributed by atoms with Gasteiger partial charge >= 0.3 is 6.01 Å². The highest BCUT2D eigenvalue weighted by atomic mass is 16.5. The number of nitrogens with zero attached hydrogens (tertiary/aromatic N) is 2. The minimum absolute atomic E-state index is 0.175. The summed E-state index contributed by atoms with van der Waals surface area (Å²) >= 11 is 0. The zero-order valence-corrected chi connectivity index (χ0v) is 11.6. The highest BCUT2D eigenvalue weighted by Gasteiger charge is 2.27. The Balaban J connectivity index is 1.39. The van der Waals surface area contributed by atoms with E-state index in [1.165, 1.54) is 12.8 Å². The van der Waals surface area contributed by atoms with E-state index in [1.54, 1.807) is 18.5 Å². The molecular formula is C15H21N3O2. The van der Waals surface area contributed by atoms with Crippen LogP contribution in [0.2, 0.25) is 0 Å². The fraction of sp³-hybridized carbons (Fsp3) is 0.667. The maximum atomic E-state index is 11.8. The van der Waals surface area contributed by atoms with Crippen molar-refractivity contribution < 1.29 is 9.53 Å². The molecule has 0 spiro atoms. The molecule has 0 aromatic carbocycles. The first-order valence-electron chi connectivity index (χ1n) is 7.52. The Morgan fingerprint density at radius 2 is 1.85 bits per heavy atom. The number of hydrogen-bond acceptors (Lipinski definition) is 4. The highest BCUT2D eigenvalue weighted by molar-refractivity contribution is 5.76. The van der Waals surface area contributed by atoms with E-state index in [4.69, 9.17) is 4.74 Å². The molecule has 108 valence electrons. The van der Waals surface area contributed by atoms with Crippen LogP contribution in [-0.2, 0) is 4.79 Å². The van der Waals surface area contributed by atoms with Gasteiger partial charge in [0.25, 0.3) is 0 Å². The summed E-state index contributed by atoms with van der Waals surface area (Å²) in [5, 5.41) is 3.15. The Hall–Kier alpha value is -1.65. The summed E-state index contributed by atoms with van der Waals surface area (Å²) in [4.78, 5) is 19.9. The SMILES string of the molecule is O=C(CC1CC1)NC1CCC(Oc2ncccn2)CC1. The van der Waals surface area contributed by atoms with Crippen molar-refractivity contribution in [2.45, 2.75) is 57.1 Å². The molecule has 2 saturated carbocycles. The van der Waals surface area contributed by atoms with E-state index in [-0.39, 0.29) is 12.0 Å². The van der Waals surface area contributed by atoms with Crippen molar-refractivity contribution >= 4 is 5.91 Å². The molecule has 5 heteroatoms. The molecule has 20 heavy (non-hydrogen) atoms. The quantitative estimate of drug-likeness (QED) is 0.893. The first-order chi connectivity index (χ1) is 9.79. The normalized spacial score (nSPS) is 26.0. The first kappa shape index (κ1) is 13.3. The second kappa shape index (κ2) is 6.20. The summed E-state index contributed by atoms with van der Waals surface area (Å²) in [6.07, 6.45) is 10.6. The Kier molecular flexibility index (Phi) is 4.14. The molecule has 0 aliphatic heterocycles. The van der Waals surface area contributed by atoms with Gasteiger partial charge in [0.2, 0.25) is 5.91 Å². The van der Waals surface area contributed by atoms with Crippen molar-refractivity contribution in [2.24, 2.45) is 5.92 Å². The average molecular weight is 275 g/mol. The fourth-order valence-corrected chi connectivity index (χ4v) is 2.69. The van der Waals surface area contributed by atoms with E-state index < -0.39 is 0 Å². The third kappa shape index (κ3) is 3.92. The van der Waals surface area contributed by atoms with Gasteiger partial charge in [-0.25, -0.2) is 9.97 Å². The Morgan fingerprint density at radius 1 is 1.15 bits per heavy atom. The summed E-state index contributed by atoms with van der Waals surface area (Å²) in [7, 11) is 0. The molecule has 1 N–H and O–H groups in total. The average Bonchev–Trinajstić information content (AvgIpc) is 3.26. The lowest BCUT2D eigenvalue weighted by molar-refractivity contribution is -0.122. The van der Waals surface area contributed by atoms with Crippen LogP contribution in [-0.4, -0.2) is 28.0 Å². The molecule has 1 aromatic heterocycles.